The van der Waals surface area contributed by atoms with Crippen LogP contribution in [0.25, 0.3) is 0 Å². The van der Waals surface area contributed by atoms with Gasteiger partial charge in [0.15, 0.2) is 18.1 Å². The Balaban J connectivity index is 1.22. The molecule has 158 valence electrons. The number of carbonyl (C=O) groups is 3. The highest BCUT2D eigenvalue weighted by atomic mass is 32.1. The second-order valence-electron chi connectivity index (χ2n) is 6.55. The van der Waals surface area contributed by atoms with Crippen molar-refractivity contribution in [3.63, 3.8) is 0 Å². The Morgan fingerprint density at radius 2 is 1.81 bits per heavy atom. The first-order valence-electron chi connectivity index (χ1n) is 9.36. The smallest absolute Gasteiger partial charge is 0.338 e. The molecular formula is C22H18N2O6S. The number of fused-ring (bicyclic) bond motifs is 1. The highest BCUT2D eigenvalue weighted by molar-refractivity contribution is 7.12. The van der Waals surface area contributed by atoms with Crippen molar-refractivity contribution in [2.45, 2.75) is 6.54 Å². The van der Waals surface area contributed by atoms with Crippen LogP contribution in [-0.4, -0.2) is 31.2 Å². The van der Waals surface area contributed by atoms with Gasteiger partial charge in [0.2, 0.25) is 6.79 Å². The van der Waals surface area contributed by atoms with Gasteiger partial charge >= 0.3 is 5.97 Å². The molecule has 1 aromatic heterocycles. The van der Waals surface area contributed by atoms with Crippen LogP contribution in [0.1, 0.15) is 25.6 Å². The molecule has 0 bridgehead atoms. The SMILES string of the molecule is O=C(COC(=O)c1ccc(NC(=O)c2cccs2)cc1)NCc1ccc2c(c1)OCO2. The number of esters is 1. The monoisotopic (exact) mass is 438 g/mol. The first kappa shape index (κ1) is 20.4. The van der Waals surface area contributed by atoms with Gasteiger partial charge in [-0.2, -0.15) is 0 Å². The van der Waals surface area contributed by atoms with E-state index in [1.807, 2.05) is 11.4 Å². The van der Waals surface area contributed by atoms with Gasteiger partial charge in [-0.15, -0.1) is 11.3 Å². The molecule has 0 atom stereocenters. The molecule has 2 aromatic carbocycles. The average molecular weight is 438 g/mol. The van der Waals surface area contributed by atoms with Crippen molar-refractivity contribution in [3.05, 3.63) is 76.0 Å². The van der Waals surface area contributed by atoms with Crippen LogP contribution in [0.3, 0.4) is 0 Å². The molecule has 3 aromatic rings. The lowest BCUT2D eigenvalue weighted by atomic mass is 10.2. The maximum absolute atomic E-state index is 12.2. The Bertz CT molecular complexity index is 1100. The summed E-state index contributed by atoms with van der Waals surface area (Å²) >= 11 is 1.34. The Morgan fingerprint density at radius 1 is 1.00 bits per heavy atom. The second-order valence-corrected chi connectivity index (χ2v) is 7.50. The summed E-state index contributed by atoms with van der Waals surface area (Å²) in [5, 5.41) is 7.25. The number of benzene rings is 2. The molecule has 2 N–H and O–H groups in total. The summed E-state index contributed by atoms with van der Waals surface area (Å²) in [7, 11) is 0. The lowest BCUT2D eigenvalue weighted by Gasteiger charge is -2.08. The molecule has 1 aliphatic heterocycles. The summed E-state index contributed by atoms with van der Waals surface area (Å²) < 4.78 is 15.6. The summed E-state index contributed by atoms with van der Waals surface area (Å²) in [5.41, 5.74) is 1.67. The molecule has 0 saturated heterocycles. The lowest BCUT2D eigenvalue weighted by molar-refractivity contribution is -0.124. The van der Waals surface area contributed by atoms with E-state index >= 15 is 0 Å². The number of carbonyl (C=O) groups excluding carboxylic acids is 3. The highest BCUT2D eigenvalue weighted by Gasteiger charge is 2.14. The van der Waals surface area contributed by atoms with E-state index < -0.39 is 18.5 Å². The third kappa shape index (κ3) is 5.20. The molecule has 0 aliphatic carbocycles. The largest absolute Gasteiger partial charge is 0.454 e. The number of ether oxygens (including phenoxy) is 3. The van der Waals surface area contributed by atoms with E-state index in [4.69, 9.17) is 14.2 Å². The molecule has 4 rings (SSSR count). The fourth-order valence-electron chi connectivity index (χ4n) is 2.81. The topological polar surface area (TPSA) is 103 Å². The fourth-order valence-corrected chi connectivity index (χ4v) is 3.43. The number of hydrogen-bond donors (Lipinski definition) is 2. The van der Waals surface area contributed by atoms with E-state index in [0.717, 1.165) is 5.56 Å². The predicted molar refractivity (Wildman–Crippen MR) is 113 cm³/mol. The number of nitrogens with one attached hydrogen (secondary N) is 2. The first-order valence-corrected chi connectivity index (χ1v) is 10.2. The van der Waals surface area contributed by atoms with E-state index in [1.165, 1.54) is 23.5 Å². The van der Waals surface area contributed by atoms with Crippen LogP contribution in [0.15, 0.2) is 60.0 Å². The fraction of sp³-hybridized carbons (Fsp3) is 0.136. The molecule has 0 spiro atoms. The Morgan fingerprint density at radius 3 is 2.58 bits per heavy atom. The predicted octanol–water partition coefficient (Wildman–Crippen LogP) is 3.20. The first-order chi connectivity index (χ1) is 15.1. The van der Waals surface area contributed by atoms with Gasteiger partial charge in [-0.3, -0.25) is 9.59 Å². The Kier molecular flexibility index (Phi) is 6.13. The summed E-state index contributed by atoms with van der Waals surface area (Å²) in [6.45, 7) is 0.0506. The van der Waals surface area contributed by atoms with Crippen LogP contribution in [0, 0.1) is 0 Å². The van der Waals surface area contributed by atoms with Gasteiger partial charge in [-0.05, 0) is 53.4 Å². The summed E-state index contributed by atoms with van der Waals surface area (Å²) in [4.78, 5) is 36.8. The minimum absolute atomic E-state index is 0.184. The minimum atomic E-state index is -0.630. The van der Waals surface area contributed by atoms with Crippen LogP contribution < -0.4 is 20.1 Å². The zero-order valence-corrected chi connectivity index (χ0v) is 17.1. The van der Waals surface area contributed by atoms with Gasteiger partial charge in [0.1, 0.15) is 0 Å². The Labute approximate surface area is 181 Å². The Hall–Kier alpha value is -3.85. The van der Waals surface area contributed by atoms with Crippen molar-refractivity contribution in [1.82, 2.24) is 5.32 Å². The zero-order chi connectivity index (χ0) is 21.6. The standard InChI is InChI=1S/C22H18N2O6S/c25-20(23-11-14-3-8-17-18(10-14)30-13-29-17)12-28-22(27)15-4-6-16(7-5-15)24-21(26)19-2-1-9-31-19/h1-10H,11-13H2,(H,23,25)(H,24,26). The third-order valence-corrected chi connectivity index (χ3v) is 5.25. The molecule has 0 fully saturated rings. The molecule has 0 saturated carbocycles. The maximum Gasteiger partial charge on any atom is 0.338 e. The number of rotatable bonds is 7. The number of amides is 2. The maximum atomic E-state index is 12.2. The van der Waals surface area contributed by atoms with Crippen LogP contribution >= 0.6 is 11.3 Å². The van der Waals surface area contributed by atoms with Gasteiger partial charge < -0.3 is 24.8 Å². The summed E-state index contributed by atoms with van der Waals surface area (Å²) in [6, 6.07) is 15.1. The van der Waals surface area contributed by atoms with Crippen molar-refractivity contribution in [3.8, 4) is 11.5 Å². The molecule has 31 heavy (non-hydrogen) atoms. The van der Waals surface area contributed by atoms with Crippen LogP contribution in [-0.2, 0) is 16.1 Å². The average Bonchev–Trinajstić information content (AvgIpc) is 3.48. The van der Waals surface area contributed by atoms with Crippen LogP contribution in [0.5, 0.6) is 11.5 Å². The lowest BCUT2D eigenvalue weighted by Crippen LogP contribution is -2.28. The van der Waals surface area contributed by atoms with Crippen molar-refractivity contribution < 1.29 is 28.6 Å². The minimum Gasteiger partial charge on any atom is -0.454 e. The summed E-state index contributed by atoms with van der Waals surface area (Å²) in [6.07, 6.45) is 0. The van der Waals surface area contributed by atoms with Crippen molar-refractivity contribution >= 4 is 34.8 Å². The number of anilines is 1. The van der Waals surface area contributed by atoms with E-state index in [2.05, 4.69) is 10.6 Å². The van der Waals surface area contributed by atoms with Crippen LogP contribution in [0.4, 0.5) is 5.69 Å². The van der Waals surface area contributed by atoms with Gasteiger partial charge in [-0.1, -0.05) is 12.1 Å². The van der Waals surface area contributed by atoms with E-state index in [-0.39, 0.29) is 24.8 Å². The molecular weight excluding hydrogens is 420 g/mol. The van der Waals surface area contributed by atoms with Crippen molar-refractivity contribution in [2.75, 3.05) is 18.7 Å². The number of thiophene rings is 1. The molecule has 8 nitrogen and oxygen atoms in total. The van der Waals surface area contributed by atoms with E-state index in [0.29, 0.717) is 22.1 Å². The molecule has 1 aliphatic rings. The quantitative estimate of drug-likeness (QED) is 0.549. The van der Waals surface area contributed by atoms with Gasteiger partial charge in [0.25, 0.3) is 11.8 Å². The molecule has 2 amide bonds. The third-order valence-electron chi connectivity index (χ3n) is 4.38. The van der Waals surface area contributed by atoms with Crippen molar-refractivity contribution in [2.24, 2.45) is 0 Å². The second kappa shape index (κ2) is 9.31. The zero-order valence-electron chi connectivity index (χ0n) is 16.3. The normalized spacial score (nSPS) is 11.6. The molecule has 2 heterocycles. The van der Waals surface area contributed by atoms with Crippen molar-refractivity contribution in [1.29, 1.82) is 0 Å². The highest BCUT2D eigenvalue weighted by Crippen LogP contribution is 2.32. The van der Waals surface area contributed by atoms with Gasteiger partial charge in [0, 0.05) is 12.2 Å². The van der Waals surface area contributed by atoms with E-state index in [1.54, 1.807) is 36.4 Å². The van der Waals surface area contributed by atoms with Gasteiger partial charge in [0.05, 0.1) is 10.4 Å². The van der Waals surface area contributed by atoms with Gasteiger partial charge in [-0.25, -0.2) is 4.79 Å². The summed E-state index contributed by atoms with van der Waals surface area (Å²) in [5.74, 6) is 0.0268. The van der Waals surface area contributed by atoms with Crippen LogP contribution in [0.2, 0.25) is 0 Å². The van der Waals surface area contributed by atoms with E-state index in [9.17, 15) is 14.4 Å². The molecule has 0 unspecified atom stereocenters. The number of hydrogen-bond acceptors (Lipinski definition) is 7. The molecule has 9 heteroatoms. The molecule has 0 radical (unpaired) electrons.